The van der Waals surface area contributed by atoms with Crippen LogP contribution in [-0.2, 0) is 20.7 Å². The van der Waals surface area contributed by atoms with Gasteiger partial charge in [-0.25, -0.2) is 18.7 Å². The van der Waals surface area contributed by atoms with Gasteiger partial charge in [-0.2, -0.15) is 0 Å². The average molecular weight is 538 g/mol. The number of halogens is 2. The average Bonchev–Trinajstić information content (AvgIpc) is 3.33. The molecule has 0 bridgehead atoms. The molecule has 2 aromatic heterocycles. The maximum Gasteiger partial charge on any atom is 0.228 e. The highest BCUT2D eigenvalue weighted by molar-refractivity contribution is 6.04. The van der Waals surface area contributed by atoms with E-state index >= 15 is 0 Å². The summed E-state index contributed by atoms with van der Waals surface area (Å²) in [5, 5.41) is 2.63. The highest BCUT2D eigenvalue weighted by Crippen LogP contribution is 2.37. The normalized spacial score (nSPS) is 19.4. The largest absolute Gasteiger partial charge is 0.353 e. The van der Waals surface area contributed by atoms with Gasteiger partial charge in [0, 0.05) is 42.7 Å². The Kier molecular flexibility index (Phi) is 8.18. The minimum atomic E-state index is -0.801. The van der Waals surface area contributed by atoms with Crippen LogP contribution in [0.25, 0.3) is 0 Å². The van der Waals surface area contributed by atoms with E-state index in [1.807, 2.05) is 11.8 Å². The molecule has 1 aromatic carbocycles. The Labute approximate surface area is 224 Å². The predicted molar refractivity (Wildman–Crippen MR) is 138 cm³/mol. The number of Topliss-reactive ketones (excluding diaryl/α,β-unsaturated/α-hetero) is 1. The molecular formula is C28H29F2N5O4. The van der Waals surface area contributed by atoms with Crippen LogP contribution in [0, 0.1) is 11.6 Å². The van der Waals surface area contributed by atoms with Crippen molar-refractivity contribution in [2.24, 2.45) is 0 Å². The lowest BCUT2D eigenvalue weighted by molar-refractivity contribution is -0.164. The number of hydrogen-bond donors (Lipinski definition) is 1. The number of benzene rings is 1. The number of carbonyl (C=O) groups excluding carboxylic acids is 2. The van der Waals surface area contributed by atoms with E-state index in [-0.39, 0.29) is 30.1 Å². The van der Waals surface area contributed by atoms with Crippen LogP contribution in [0.5, 0.6) is 0 Å². The van der Waals surface area contributed by atoms with Crippen LogP contribution in [0.3, 0.4) is 0 Å². The van der Waals surface area contributed by atoms with Crippen molar-refractivity contribution in [2.45, 2.75) is 50.9 Å². The minimum Gasteiger partial charge on any atom is -0.353 e. The molecule has 1 fully saturated rings. The number of amides is 1. The molecular weight excluding hydrogens is 508 g/mol. The van der Waals surface area contributed by atoms with Crippen LogP contribution in [-0.4, -0.2) is 58.7 Å². The number of nitrogens with zero attached hydrogens (tertiary/aromatic N) is 4. The number of ketones is 1. The third kappa shape index (κ3) is 6.26. The lowest BCUT2D eigenvalue weighted by Crippen LogP contribution is -2.38. The van der Waals surface area contributed by atoms with Gasteiger partial charge in [0.05, 0.1) is 36.9 Å². The van der Waals surface area contributed by atoms with Gasteiger partial charge >= 0.3 is 0 Å². The van der Waals surface area contributed by atoms with Crippen LogP contribution in [0.2, 0.25) is 0 Å². The summed E-state index contributed by atoms with van der Waals surface area (Å²) < 4.78 is 38.7. The van der Waals surface area contributed by atoms with Gasteiger partial charge in [0.15, 0.2) is 12.1 Å². The summed E-state index contributed by atoms with van der Waals surface area (Å²) in [4.78, 5) is 40.8. The fourth-order valence-electron chi connectivity index (χ4n) is 4.88. The summed E-state index contributed by atoms with van der Waals surface area (Å²) in [6, 6.07) is 4.52. The highest BCUT2D eigenvalue weighted by atomic mass is 19.1. The molecule has 1 amide bonds. The second-order valence-electron chi connectivity index (χ2n) is 9.77. The third-order valence-electron chi connectivity index (χ3n) is 6.93. The van der Waals surface area contributed by atoms with Gasteiger partial charge in [-0.15, -0.1) is 0 Å². The molecule has 4 heterocycles. The molecule has 11 heteroatoms. The maximum atomic E-state index is 13.9. The first-order valence-corrected chi connectivity index (χ1v) is 12.9. The van der Waals surface area contributed by atoms with Gasteiger partial charge in [0.1, 0.15) is 23.8 Å². The number of fused-ring (bicyclic) bond motifs is 1. The zero-order chi connectivity index (χ0) is 27.4. The first-order chi connectivity index (χ1) is 18.9. The first kappa shape index (κ1) is 26.8. The zero-order valence-corrected chi connectivity index (χ0v) is 21.5. The summed E-state index contributed by atoms with van der Waals surface area (Å²) >= 11 is 0. The lowest BCUT2D eigenvalue weighted by atomic mass is 9.94. The molecule has 5 rings (SSSR count). The molecule has 39 heavy (non-hydrogen) atoms. The van der Waals surface area contributed by atoms with E-state index in [0.717, 1.165) is 31.4 Å². The van der Waals surface area contributed by atoms with Crippen molar-refractivity contribution >= 4 is 23.2 Å². The van der Waals surface area contributed by atoms with Crippen molar-refractivity contribution in [3.8, 4) is 0 Å². The Morgan fingerprint density at radius 1 is 1.18 bits per heavy atom. The molecule has 0 aliphatic carbocycles. The second kappa shape index (κ2) is 11.9. The molecule has 3 atom stereocenters. The van der Waals surface area contributed by atoms with E-state index < -0.39 is 23.5 Å². The summed E-state index contributed by atoms with van der Waals surface area (Å²) in [5.74, 6) is -2.08. The van der Waals surface area contributed by atoms with Gasteiger partial charge in [-0.3, -0.25) is 14.6 Å². The fraction of sp³-hybridized carbons (Fsp3) is 0.393. The van der Waals surface area contributed by atoms with Crippen molar-refractivity contribution in [1.29, 1.82) is 0 Å². The molecule has 2 aliphatic heterocycles. The summed E-state index contributed by atoms with van der Waals surface area (Å²) in [6.45, 7) is 3.53. The summed E-state index contributed by atoms with van der Waals surface area (Å²) in [6.07, 6.45) is 8.43. The standard InChI is InChI=1S/C28H29F2N5O4/c1-17(15-39-26-4-2-3-7-38-26)35-14-23(22-13-32-16-33-28(22)35)27(37)19-8-21(12-31-11-19)34-25(36)9-18-5-6-20(29)10-24(18)30/h5-6,8,10-13,16-17,23,26H,2-4,7,9,14-15H2,1H3,(H,34,36)/t17-,23?,26?/m0/s1. The minimum absolute atomic E-state index is 0.0578. The van der Waals surface area contributed by atoms with E-state index in [0.29, 0.717) is 42.4 Å². The van der Waals surface area contributed by atoms with Crippen LogP contribution in [0.4, 0.5) is 20.3 Å². The van der Waals surface area contributed by atoms with E-state index in [2.05, 4.69) is 20.3 Å². The number of pyridine rings is 1. The molecule has 9 nitrogen and oxygen atoms in total. The Morgan fingerprint density at radius 3 is 2.85 bits per heavy atom. The second-order valence-corrected chi connectivity index (χ2v) is 9.77. The quantitative estimate of drug-likeness (QED) is 0.408. The van der Waals surface area contributed by atoms with Gasteiger partial charge in [0.2, 0.25) is 5.91 Å². The molecule has 204 valence electrons. The van der Waals surface area contributed by atoms with Crippen molar-refractivity contribution in [1.82, 2.24) is 15.0 Å². The Morgan fingerprint density at radius 2 is 2.05 bits per heavy atom. The first-order valence-electron chi connectivity index (χ1n) is 12.9. The van der Waals surface area contributed by atoms with Gasteiger partial charge < -0.3 is 19.7 Å². The number of nitrogens with one attached hydrogen (secondary N) is 1. The van der Waals surface area contributed by atoms with Gasteiger partial charge in [-0.1, -0.05) is 6.07 Å². The molecule has 0 radical (unpaired) electrons. The predicted octanol–water partition coefficient (Wildman–Crippen LogP) is 4.05. The lowest BCUT2D eigenvalue weighted by Gasteiger charge is -2.29. The Bertz CT molecular complexity index is 1350. The van der Waals surface area contributed by atoms with Crippen LogP contribution >= 0.6 is 0 Å². The van der Waals surface area contributed by atoms with Gasteiger partial charge in [0.25, 0.3) is 0 Å². The number of aromatic nitrogens is 3. The van der Waals surface area contributed by atoms with Crippen molar-refractivity contribution < 1.29 is 27.8 Å². The van der Waals surface area contributed by atoms with Crippen LogP contribution in [0.1, 0.15) is 53.6 Å². The molecule has 2 aliphatic rings. The van der Waals surface area contributed by atoms with E-state index in [1.54, 1.807) is 6.20 Å². The SMILES string of the molecule is C[C@@H](COC1CCCCO1)N1CC(C(=O)c2cncc(NC(=O)Cc3ccc(F)cc3F)c2)c2cncnc21. The molecule has 2 unspecified atom stereocenters. The molecule has 3 aromatic rings. The van der Waals surface area contributed by atoms with E-state index in [4.69, 9.17) is 9.47 Å². The number of carbonyl (C=O) groups is 2. The molecule has 1 saturated heterocycles. The zero-order valence-electron chi connectivity index (χ0n) is 21.5. The third-order valence-corrected chi connectivity index (χ3v) is 6.93. The van der Waals surface area contributed by atoms with Crippen molar-refractivity contribution in [3.63, 3.8) is 0 Å². The van der Waals surface area contributed by atoms with Crippen LogP contribution < -0.4 is 10.2 Å². The van der Waals surface area contributed by atoms with Crippen molar-refractivity contribution in [3.05, 3.63) is 77.5 Å². The number of anilines is 2. The molecule has 0 saturated carbocycles. The smallest absolute Gasteiger partial charge is 0.228 e. The number of rotatable bonds is 9. The van der Waals surface area contributed by atoms with E-state index in [1.165, 1.54) is 30.9 Å². The van der Waals surface area contributed by atoms with Crippen molar-refractivity contribution in [2.75, 3.05) is 30.0 Å². The fourth-order valence-corrected chi connectivity index (χ4v) is 4.88. The molecule has 1 N–H and O–H groups in total. The summed E-state index contributed by atoms with van der Waals surface area (Å²) in [7, 11) is 0. The molecule has 0 spiro atoms. The summed E-state index contributed by atoms with van der Waals surface area (Å²) in [5.41, 5.74) is 1.37. The maximum absolute atomic E-state index is 13.9. The van der Waals surface area contributed by atoms with Crippen LogP contribution in [0.15, 0.2) is 49.2 Å². The number of hydrogen-bond acceptors (Lipinski definition) is 8. The van der Waals surface area contributed by atoms with E-state index in [9.17, 15) is 18.4 Å². The Hall–Kier alpha value is -3.83. The number of ether oxygens (including phenoxy) is 2. The monoisotopic (exact) mass is 537 g/mol. The Balaban J connectivity index is 1.26. The highest BCUT2D eigenvalue weighted by Gasteiger charge is 2.38. The van der Waals surface area contributed by atoms with Gasteiger partial charge in [-0.05, 0) is 43.9 Å². The topological polar surface area (TPSA) is 107 Å².